The maximum Gasteiger partial charge on any atom is 0.311 e. The van der Waals surface area contributed by atoms with Gasteiger partial charge in [-0.3, -0.25) is 4.79 Å². The number of rotatable bonds is 1. The maximum absolute atomic E-state index is 8.99. The third-order valence-electron chi connectivity index (χ3n) is 3.06. The van der Waals surface area contributed by atoms with Crippen molar-refractivity contribution < 1.29 is 4.79 Å². The number of nitrogens with zero attached hydrogens (tertiary/aromatic N) is 2. The first-order valence-corrected chi connectivity index (χ1v) is 6.52. The van der Waals surface area contributed by atoms with Crippen molar-refractivity contribution in [1.29, 1.82) is 0 Å². The summed E-state index contributed by atoms with van der Waals surface area (Å²) in [5, 5.41) is 4.31. The van der Waals surface area contributed by atoms with Crippen LogP contribution in [0, 0.1) is 0 Å². The molecule has 16 heavy (non-hydrogen) atoms. The first kappa shape index (κ1) is 13.7. The van der Waals surface area contributed by atoms with Crippen LogP contribution in [0.5, 0.6) is 0 Å². The molecule has 0 atom stereocenters. The smallest absolute Gasteiger partial charge is 0.311 e. The highest BCUT2D eigenvalue weighted by Gasteiger charge is 2.19. The molecular formula is C11H22ClN3O. The average Bonchev–Trinajstić information content (AvgIpc) is 2.31. The fourth-order valence-corrected chi connectivity index (χ4v) is 2.32. The molecule has 0 bridgehead atoms. The van der Waals surface area contributed by atoms with Crippen molar-refractivity contribution in [3.63, 3.8) is 0 Å². The van der Waals surface area contributed by atoms with E-state index in [2.05, 4.69) is 27.4 Å². The lowest BCUT2D eigenvalue weighted by atomic mass is 10.1. The summed E-state index contributed by atoms with van der Waals surface area (Å²) >= 11 is 4.41. The Kier molecular flexibility index (Phi) is 6.76. The molecule has 94 valence electrons. The minimum Gasteiger partial charge on any atom is -0.356 e. The molecule has 0 aromatic carbocycles. The highest BCUT2D eigenvalue weighted by atomic mass is 35.5. The van der Waals surface area contributed by atoms with E-state index in [-0.39, 0.29) is 0 Å². The molecule has 0 radical (unpaired) electrons. The van der Waals surface area contributed by atoms with Gasteiger partial charge in [0.1, 0.15) is 0 Å². The van der Waals surface area contributed by atoms with Crippen LogP contribution >= 0.6 is 11.6 Å². The number of amides is 1. The first-order valence-electron chi connectivity index (χ1n) is 6.15. The summed E-state index contributed by atoms with van der Waals surface area (Å²) in [6.45, 7) is 5.28. The van der Waals surface area contributed by atoms with Gasteiger partial charge in [-0.1, -0.05) is 12.8 Å². The highest BCUT2D eigenvalue weighted by molar-refractivity contribution is 6.62. The zero-order chi connectivity index (χ0) is 11.8. The average molecular weight is 248 g/mol. The third-order valence-corrected chi connectivity index (χ3v) is 3.06. The number of primary amides is 1. The molecule has 0 aliphatic carbocycles. The van der Waals surface area contributed by atoms with Crippen LogP contribution in [0.4, 0.5) is 4.79 Å². The van der Waals surface area contributed by atoms with Gasteiger partial charge in [-0.05, 0) is 37.3 Å². The van der Waals surface area contributed by atoms with Gasteiger partial charge in [0.2, 0.25) is 0 Å². The number of nitrogens with two attached hydrogens (primary N) is 1. The molecule has 5 heteroatoms. The summed E-state index contributed by atoms with van der Waals surface area (Å²) in [6, 6.07) is 0. The summed E-state index contributed by atoms with van der Waals surface area (Å²) in [5.41, 5.74) is 4.24. The molecule has 2 rings (SSSR count). The highest BCUT2D eigenvalue weighted by Crippen LogP contribution is 2.16. The Morgan fingerprint density at radius 1 is 0.812 bits per heavy atom. The van der Waals surface area contributed by atoms with Crippen LogP contribution in [-0.4, -0.2) is 41.6 Å². The second-order valence-electron chi connectivity index (χ2n) is 4.33. The van der Waals surface area contributed by atoms with Crippen molar-refractivity contribution in [2.45, 2.75) is 38.5 Å². The van der Waals surface area contributed by atoms with Gasteiger partial charge in [0.15, 0.2) is 0 Å². The molecule has 0 aromatic heterocycles. The number of piperidine rings is 2. The quantitative estimate of drug-likeness (QED) is 0.571. The summed E-state index contributed by atoms with van der Waals surface area (Å²) in [6.07, 6.45) is 8.55. The van der Waals surface area contributed by atoms with E-state index < -0.39 is 5.37 Å². The van der Waals surface area contributed by atoms with Crippen LogP contribution in [0.3, 0.4) is 0 Å². The van der Waals surface area contributed by atoms with Crippen molar-refractivity contribution >= 4 is 17.0 Å². The van der Waals surface area contributed by atoms with Crippen LogP contribution in [-0.2, 0) is 0 Å². The molecule has 2 heterocycles. The maximum atomic E-state index is 8.99. The van der Waals surface area contributed by atoms with Crippen LogP contribution in [0.1, 0.15) is 38.5 Å². The molecule has 0 saturated carbocycles. The van der Waals surface area contributed by atoms with Gasteiger partial charge < -0.3 is 5.73 Å². The molecule has 2 N–H and O–H groups in total. The Labute approximate surface area is 103 Å². The monoisotopic (exact) mass is 247 g/mol. The SMILES string of the molecule is C1CCN(N2CCCCC2)CC1.NC(=O)Cl. The van der Waals surface area contributed by atoms with Crippen molar-refractivity contribution in [2.75, 3.05) is 26.2 Å². The second-order valence-corrected chi connectivity index (χ2v) is 4.71. The van der Waals surface area contributed by atoms with E-state index in [0.717, 1.165) is 0 Å². The summed E-state index contributed by atoms with van der Waals surface area (Å²) in [7, 11) is 0. The molecule has 2 aliphatic rings. The Bertz CT molecular complexity index is 181. The molecule has 2 saturated heterocycles. The molecule has 4 nitrogen and oxygen atoms in total. The van der Waals surface area contributed by atoms with E-state index in [1.54, 1.807) is 0 Å². The van der Waals surface area contributed by atoms with Crippen LogP contribution < -0.4 is 5.73 Å². The fourth-order valence-electron chi connectivity index (χ4n) is 2.32. The lowest BCUT2D eigenvalue weighted by Crippen LogP contribution is -2.47. The summed E-state index contributed by atoms with van der Waals surface area (Å²) in [5.74, 6) is 0. The van der Waals surface area contributed by atoms with Crippen molar-refractivity contribution in [1.82, 2.24) is 10.0 Å². The largest absolute Gasteiger partial charge is 0.356 e. The van der Waals surface area contributed by atoms with Crippen molar-refractivity contribution in [3.05, 3.63) is 0 Å². The van der Waals surface area contributed by atoms with Crippen molar-refractivity contribution in [3.8, 4) is 0 Å². The molecule has 0 spiro atoms. The Morgan fingerprint density at radius 2 is 1.06 bits per heavy atom. The van der Waals surface area contributed by atoms with Gasteiger partial charge in [-0.15, -0.1) is 0 Å². The number of hydrogen-bond donors (Lipinski definition) is 1. The van der Waals surface area contributed by atoms with Gasteiger partial charge in [-0.25, -0.2) is 10.0 Å². The van der Waals surface area contributed by atoms with Gasteiger partial charge in [0.25, 0.3) is 0 Å². The third kappa shape index (κ3) is 5.68. The number of hydrazine groups is 1. The first-order chi connectivity index (χ1) is 7.70. The fraction of sp³-hybridized carbons (Fsp3) is 0.909. The number of hydrogen-bond acceptors (Lipinski definition) is 3. The van der Waals surface area contributed by atoms with E-state index in [9.17, 15) is 0 Å². The normalized spacial score (nSPS) is 23.3. The predicted molar refractivity (Wildman–Crippen MR) is 66.3 cm³/mol. The van der Waals surface area contributed by atoms with E-state index in [0.29, 0.717) is 0 Å². The number of carbonyl (C=O) groups is 1. The number of carbonyl (C=O) groups excluding carboxylic acids is 1. The standard InChI is InChI=1S/C10H20N2.CH2ClNO/c1-3-7-11(8-4-1)12-9-5-2-6-10-12;2-1(3)4/h1-10H2;(H2,3,4). The van der Waals surface area contributed by atoms with Crippen LogP contribution in [0.2, 0.25) is 0 Å². The molecule has 0 unspecified atom stereocenters. The second kappa shape index (κ2) is 7.87. The predicted octanol–water partition coefficient (Wildman–Crippen LogP) is 2.18. The van der Waals surface area contributed by atoms with E-state index >= 15 is 0 Å². The van der Waals surface area contributed by atoms with E-state index in [1.807, 2.05) is 0 Å². The van der Waals surface area contributed by atoms with Crippen molar-refractivity contribution in [2.24, 2.45) is 5.73 Å². The lowest BCUT2D eigenvalue weighted by molar-refractivity contribution is -0.0518. The number of halogens is 1. The van der Waals surface area contributed by atoms with Gasteiger partial charge in [0.05, 0.1) is 0 Å². The Morgan fingerprint density at radius 3 is 1.31 bits per heavy atom. The molecule has 2 fully saturated rings. The summed E-state index contributed by atoms with van der Waals surface area (Å²) < 4.78 is 0. The topological polar surface area (TPSA) is 49.6 Å². The van der Waals surface area contributed by atoms with Crippen LogP contribution in [0.25, 0.3) is 0 Å². The van der Waals surface area contributed by atoms with Gasteiger partial charge in [0, 0.05) is 26.2 Å². The lowest BCUT2D eigenvalue weighted by Gasteiger charge is -2.39. The zero-order valence-electron chi connectivity index (χ0n) is 9.83. The van der Waals surface area contributed by atoms with Crippen LogP contribution in [0.15, 0.2) is 0 Å². The summed E-state index contributed by atoms with van der Waals surface area (Å²) in [4.78, 5) is 8.99. The molecular weight excluding hydrogens is 226 g/mol. The molecule has 1 amide bonds. The molecule has 0 aromatic rings. The Hall–Kier alpha value is -0.320. The van der Waals surface area contributed by atoms with E-state index in [4.69, 9.17) is 4.79 Å². The minimum atomic E-state index is -0.861. The Balaban J connectivity index is 0.000000280. The zero-order valence-corrected chi connectivity index (χ0v) is 10.6. The minimum absolute atomic E-state index is 0.861. The van der Waals surface area contributed by atoms with Gasteiger partial charge >= 0.3 is 5.37 Å². The van der Waals surface area contributed by atoms with E-state index in [1.165, 1.54) is 64.7 Å². The molecule has 2 aliphatic heterocycles. The van der Waals surface area contributed by atoms with Gasteiger partial charge in [-0.2, -0.15) is 0 Å².